The Kier molecular flexibility index (Phi) is 3.45. The molecule has 0 N–H and O–H groups in total. The van der Waals surface area contributed by atoms with Gasteiger partial charge in [0.25, 0.3) is 0 Å². The Morgan fingerprint density at radius 3 is 2.83 bits per heavy atom. The zero-order chi connectivity index (χ0) is 13.2. The molecular weight excluding hydrogens is 249 g/mol. The maximum absolute atomic E-state index is 11.9. The van der Waals surface area contributed by atoms with Gasteiger partial charge in [-0.2, -0.15) is 0 Å². The van der Waals surface area contributed by atoms with E-state index < -0.39 is 12.3 Å². The number of fused-ring (bicyclic) bond motifs is 1. The molecule has 0 bridgehead atoms. The second kappa shape index (κ2) is 4.88. The monoisotopic (exact) mass is 260 g/mol. The summed E-state index contributed by atoms with van der Waals surface area (Å²) in [5.41, 5.74) is 0.753. The van der Waals surface area contributed by atoms with Gasteiger partial charge in [-0.15, -0.1) is 13.2 Å². The van der Waals surface area contributed by atoms with E-state index in [4.69, 9.17) is 4.74 Å². The second-order valence-corrected chi connectivity index (χ2v) is 4.00. The first-order valence-electron chi connectivity index (χ1n) is 5.46. The molecule has 1 aliphatic rings. The Labute approximate surface area is 102 Å². The van der Waals surface area contributed by atoms with Crippen LogP contribution in [0.1, 0.15) is 24.3 Å². The van der Waals surface area contributed by atoms with Gasteiger partial charge in [0.2, 0.25) is 0 Å². The maximum Gasteiger partial charge on any atom is 0.575 e. The Bertz CT molecular complexity index is 442. The number of carbonyl (C=O) groups is 1. The number of ether oxygens (including phenoxy) is 2. The normalized spacial score (nSPS) is 18.7. The van der Waals surface area contributed by atoms with E-state index in [1.807, 2.05) is 0 Å². The van der Waals surface area contributed by atoms with Crippen molar-refractivity contribution >= 4 is 5.97 Å². The molecule has 0 saturated carbocycles. The molecule has 0 saturated heterocycles. The zero-order valence-corrected chi connectivity index (χ0v) is 9.37. The van der Waals surface area contributed by atoms with Crippen molar-refractivity contribution in [2.24, 2.45) is 0 Å². The molecule has 6 heteroatoms. The van der Waals surface area contributed by atoms with Gasteiger partial charge in [-0.25, -0.2) is 0 Å². The topological polar surface area (TPSA) is 35.5 Å². The van der Waals surface area contributed by atoms with E-state index in [0.29, 0.717) is 18.8 Å². The lowest BCUT2D eigenvalue weighted by molar-refractivity contribution is -0.306. The quantitative estimate of drug-likeness (QED) is 0.767. The van der Waals surface area contributed by atoms with Gasteiger partial charge in [0.05, 0.1) is 13.0 Å². The molecule has 0 radical (unpaired) electrons. The van der Waals surface area contributed by atoms with Crippen LogP contribution in [0, 0.1) is 0 Å². The van der Waals surface area contributed by atoms with Crippen molar-refractivity contribution in [3.05, 3.63) is 29.8 Å². The smallest absolute Gasteiger partial charge is 0.493 e. The van der Waals surface area contributed by atoms with E-state index in [1.54, 1.807) is 24.3 Å². The first kappa shape index (κ1) is 12.7. The van der Waals surface area contributed by atoms with E-state index in [9.17, 15) is 18.0 Å². The van der Waals surface area contributed by atoms with Crippen LogP contribution in [0.25, 0.3) is 0 Å². The van der Waals surface area contributed by atoms with Crippen LogP contribution in [0.4, 0.5) is 13.2 Å². The standard InChI is InChI=1S/C12H11F3O3/c13-12(14,15)18-11(16)7-8-5-6-17-10-4-2-1-3-9(8)10/h1-4,8H,5-7H2. The van der Waals surface area contributed by atoms with Crippen LogP contribution in [0.2, 0.25) is 0 Å². The molecule has 3 nitrogen and oxygen atoms in total. The summed E-state index contributed by atoms with van der Waals surface area (Å²) in [5.74, 6) is -0.928. The average molecular weight is 260 g/mol. The van der Waals surface area contributed by atoms with E-state index >= 15 is 0 Å². The minimum atomic E-state index is -4.91. The van der Waals surface area contributed by atoms with Crippen molar-refractivity contribution in [1.29, 1.82) is 0 Å². The number of halogens is 3. The predicted molar refractivity (Wildman–Crippen MR) is 56.1 cm³/mol. The van der Waals surface area contributed by atoms with E-state index in [-0.39, 0.29) is 12.3 Å². The number of alkyl halides is 3. The lowest BCUT2D eigenvalue weighted by atomic mass is 9.90. The molecule has 0 aromatic heterocycles. The van der Waals surface area contributed by atoms with E-state index in [1.165, 1.54) is 0 Å². The molecule has 1 unspecified atom stereocenters. The van der Waals surface area contributed by atoms with Crippen LogP contribution in [0.3, 0.4) is 0 Å². The molecule has 1 aromatic rings. The highest BCUT2D eigenvalue weighted by molar-refractivity contribution is 5.71. The zero-order valence-electron chi connectivity index (χ0n) is 9.37. The number of para-hydroxylation sites is 1. The summed E-state index contributed by atoms with van der Waals surface area (Å²) in [5, 5.41) is 0. The Morgan fingerprint density at radius 2 is 2.11 bits per heavy atom. The molecule has 0 spiro atoms. The third kappa shape index (κ3) is 3.15. The van der Waals surface area contributed by atoms with Gasteiger partial charge >= 0.3 is 12.3 Å². The third-order valence-corrected chi connectivity index (χ3v) is 2.73. The second-order valence-electron chi connectivity index (χ2n) is 4.00. The SMILES string of the molecule is O=C(CC1CCOc2ccccc21)OC(F)(F)F. The summed E-state index contributed by atoms with van der Waals surface area (Å²) in [6.45, 7) is 0.390. The van der Waals surface area contributed by atoms with Crippen LogP contribution in [0.5, 0.6) is 5.75 Å². The van der Waals surface area contributed by atoms with Crippen LogP contribution in [-0.2, 0) is 9.53 Å². The summed E-state index contributed by atoms with van der Waals surface area (Å²) >= 11 is 0. The van der Waals surface area contributed by atoms with Crippen molar-refractivity contribution in [2.75, 3.05) is 6.61 Å². The lowest BCUT2D eigenvalue weighted by Gasteiger charge is -2.25. The van der Waals surface area contributed by atoms with Gasteiger partial charge in [0.15, 0.2) is 0 Å². The molecule has 0 fully saturated rings. The van der Waals surface area contributed by atoms with Crippen LogP contribution < -0.4 is 4.74 Å². The van der Waals surface area contributed by atoms with E-state index in [0.717, 1.165) is 5.56 Å². The number of carbonyl (C=O) groups excluding carboxylic acids is 1. The fourth-order valence-corrected chi connectivity index (χ4v) is 2.00. The molecule has 1 aromatic carbocycles. The van der Waals surface area contributed by atoms with Crippen molar-refractivity contribution in [1.82, 2.24) is 0 Å². The highest BCUT2D eigenvalue weighted by atomic mass is 19.4. The number of rotatable bonds is 2. The maximum atomic E-state index is 11.9. The largest absolute Gasteiger partial charge is 0.575 e. The van der Waals surface area contributed by atoms with Gasteiger partial charge in [0.1, 0.15) is 5.75 Å². The van der Waals surface area contributed by atoms with Crippen LogP contribution in [0.15, 0.2) is 24.3 Å². The van der Waals surface area contributed by atoms with Gasteiger partial charge < -0.3 is 9.47 Å². The fraction of sp³-hybridized carbons (Fsp3) is 0.417. The summed E-state index contributed by atoms with van der Waals surface area (Å²) in [6, 6.07) is 7.02. The Hall–Kier alpha value is -1.72. The first-order valence-corrected chi connectivity index (χ1v) is 5.46. The Morgan fingerprint density at radius 1 is 1.39 bits per heavy atom. The Balaban J connectivity index is 2.05. The van der Waals surface area contributed by atoms with Crippen molar-refractivity contribution in [2.45, 2.75) is 25.1 Å². The van der Waals surface area contributed by atoms with Gasteiger partial charge in [-0.1, -0.05) is 18.2 Å². The molecular formula is C12H11F3O3. The number of esters is 1. The summed E-state index contributed by atoms with van der Waals surface area (Å²) in [4.78, 5) is 11.2. The number of hydrogen-bond donors (Lipinski definition) is 0. The fourth-order valence-electron chi connectivity index (χ4n) is 2.00. The van der Waals surface area contributed by atoms with Crippen molar-refractivity contribution in [3.8, 4) is 5.75 Å². The number of benzene rings is 1. The molecule has 2 rings (SSSR count). The molecule has 0 aliphatic carbocycles. The highest BCUT2D eigenvalue weighted by Crippen LogP contribution is 2.36. The molecule has 1 aliphatic heterocycles. The minimum absolute atomic E-state index is 0.287. The summed E-state index contributed by atoms with van der Waals surface area (Å²) < 4.78 is 44.4. The van der Waals surface area contributed by atoms with Crippen LogP contribution in [-0.4, -0.2) is 18.9 Å². The predicted octanol–water partition coefficient (Wildman–Crippen LogP) is 3.01. The summed E-state index contributed by atoms with van der Waals surface area (Å²) in [7, 11) is 0. The number of hydrogen-bond acceptors (Lipinski definition) is 3. The molecule has 98 valence electrons. The summed E-state index contributed by atoms with van der Waals surface area (Å²) in [6.07, 6.45) is -4.70. The minimum Gasteiger partial charge on any atom is -0.493 e. The van der Waals surface area contributed by atoms with Crippen molar-refractivity contribution < 1.29 is 27.4 Å². The molecule has 1 heterocycles. The van der Waals surface area contributed by atoms with Gasteiger partial charge in [0, 0.05) is 5.92 Å². The molecule has 1 atom stereocenters. The molecule has 18 heavy (non-hydrogen) atoms. The molecule has 0 amide bonds. The lowest BCUT2D eigenvalue weighted by Crippen LogP contribution is -2.23. The average Bonchev–Trinajstić information content (AvgIpc) is 2.27. The third-order valence-electron chi connectivity index (χ3n) is 2.73. The van der Waals surface area contributed by atoms with Crippen molar-refractivity contribution in [3.63, 3.8) is 0 Å². The van der Waals surface area contributed by atoms with Gasteiger partial charge in [-0.05, 0) is 18.1 Å². The highest BCUT2D eigenvalue weighted by Gasteiger charge is 2.35. The van der Waals surface area contributed by atoms with Gasteiger partial charge in [-0.3, -0.25) is 4.79 Å². The van der Waals surface area contributed by atoms with Crippen LogP contribution >= 0.6 is 0 Å². The first-order chi connectivity index (χ1) is 8.46. The van der Waals surface area contributed by atoms with E-state index in [2.05, 4.69) is 4.74 Å².